The first-order valence-corrected chi connectivity index (χ1v) is 7.56. The number of nitrogens with zero attached hydrogens (tertiary/aromatic N) is 1. The first kappa shape index (κ1) is 15.4. The van der Waals surface area contributed by atoms with E-state index in [1.54, 1.807) is 25.3 Å². The number of methoxy groups -OCH3 is 1. The molecule has 0 spiro atoms. The van der Waals surface area contributed by atoms with E-state index in [2.05, 4.69) is 0 Å². The fourth-order valence-corrected chi connectivity index (χ4v) is 3.31. The molecule has 2 rings (SSSR count). The average Bonchev–Trinajstić information content (AvgIpc) is 2.87. The van der Waals surface area contributed by atoms with Crippen molar-refractivity contribution in [3.8, 4) is 5.75 Å². The Bertz CT molecular complexity index is 555. The van der Waals surface area contributed by atoms with Crippen LogP contribution in [0.15, 0.2) is 30.3 Å². The number of rotatable bonds is 4. The van der Waals surface area contributed by atoms with Crippen LogP contribution in [0.3, 0.4) is 0 Å². The van der Waals surface area contributed by atoms with Crippen molar-refractivity contribution >= 4 is 29.7 Å². The van der Waals surface area contributed by atoms with Gasteiger partial charge in [0.15, 0.2) is 0 Å². The van der Waals surface area contributed by atoms with Crippen LogP contribution in [0, 0.1) is 0 Å². The summed E-state index contributed by atoms with van der Waals surface area (Å²) in [5.41, 5.74) is 0.857. The van der Waals surface area contributed by atoms with E-state index < -0.39 is 12.0 Å². The average molecular weight is 307 g/mol. The molecule has 1 saturated heterocycles. The van der Waals surface area contributed by atoms with E-state index in [4.69, 9.17) is 9.84 Å². The highest BCUT2D eigenvalue weighted by atomic mass is 32.2. The fraction of sp³-hybridized carbons (Fsp3) is 0.333. The highest BCUT2D eigenvalue weighted by molar-refractivity contribution is 8.00. The van der Waals surface area contributed by atoms with Gasteiger partial charge >= 0.3 is 5.97 Å². The Morgan fingerprint density at radius 2 is 2.05 bits per heavy atom. The monoisotopic (exact) mass is 307 g/mol. The van der Waals surface area contributed by atoms with Crippen LogP contribution in [0.2, 0.25) is 0 Å². The van der Waals surface area contributed by atoms with Crippen LogP contribution in [0.5, 0.6) is 5.75 Å². The Balaban J connectivity index is 2.08. The van der Waals surface area contributed by atoms with E-state index in [0.717, 1.165) is 11.3 Å². The van der Waals surface area contributed by atoms with E-state index in [9.17, 15) is 9.59 Å². The second-order valence-electron chi connectivity index (χ2n) is 4.64. The number of carbonyl (C=O) groups excluding carboxylic acids is 1. The third-order valence-electron chi connectivity index (χ3n) is 3.30. The van der Waals surface area contributed by atoms with Crippen molar-refractivity contribution in [3.05, 3.63) is 35.9 Å². The summed E-state index contributed by atoms with van der Waals surface area (Å²) >= 11 is 1.47. The number of amides is 1. The zero-order valence-electron chi connectivity index (χ0n) is 11.9. The molecule has 1 aromatic carbocycles. The summed E-state index contributed by atoms with van der Waals surface area (Å²) in [6, 6.07) is 6.52. The highest BCUT2D eigenvalue weighted by Gasteiger charge is 2.38. The highest BCUT2D eigenvalue weighted by Crippen LogP contribution is 2.29. The lowest BCUT2D eigenvalue weighted by Gasteiger charge is -2.23. The molecule has 1 amide bonds. The van der Waals surface area contributed by atoms with E-state index in [1.807, 2.05) is 19.1 Å². The minimum atomic E-state index is -0.960. The van der Waals surface area contributed by atoms with Crippen molar-refractivity contribution in [2.24, 2.45) is 0 Å². The fourth-order valence-electron chi connectivity index (χ4n) is 2.14. The third kappa shape index (κ3) is 3.58. The van der Waals surface area contributed by atoms with E-state index in [0.29, 0.717) is 5.75 Å². The van der Waals surface area contributed by atoms with Crippen LogP contribution in [0.25, 0.3) is 6.08 Å². The molecule has 1 heterocycles. The first-order valence-electron chi connectivity index (χ1n) is 6.51. The number of carboxylic acids is 1. The maximum Gasteiger partial charge on any atom is 0.327 e. The van der Waals surface area contributed by atoms with Crippen molar-refractivity contribution in [1.82, 2.24) is 4.90 Å². The lowest BCUT2D eigenvalue weighted by Crippen LogP contribution is -2.43. The minimum absolute atomic E-state index is 0.126. The standard InChI is InChI=1S/C15H17NO4S/c1-10-16(13(9-21-10)15(18)19)14(17)8-5-11-3-6-12(20-2)7-4-11/h3-8,10,13H,9H2,1-2H3,(H,18,19). The van der Waals surface area contributed by atoms with Gasteiger partial charge in [-0.1, -0.05) is 12.1 Å². The van der Waals surface area contributed by atoms with Crippen molar-refractivity contribution in [3.63, 3.8) is 0 Å². The normalized spacial score (nSPS) is 21.7. The van der Waals surface area contributed by atoms with Crippen molar-refractivity contribution in [1.29, 1.82) is 0 Å². The largest absolute Gasteiger partial charge is 0.497 e. The maximum atomic E-state index is 12.2. The Morgan fingerprint density at radius 1 is 1.38 bits per heavy atom. The smallest absolute Gasteiger partial charge is 0.327 e. The molecule has 0 bridgehead atoms. The van der Waals surface area contributed by atoms with Gasteiger partial charge in [-0.15, -0.1) is 11.8 Å². The summed E-state index contributed by atoms with van der Waals surface area (Å²) < 4.78 is 5.06. The third-order valence-corrected chi connectivity index (χ3v) is 4.51. The number of ether oxygens (including phenoxy) is 1. The lowest BCUT2D eigenvalue weighted by molar-refractivity contribution is -0.147. The molecule has 0 radical (unpaired) electrons. The van der Waals surface area contributed by atoms with Crippen LogP contribution in [0.4, 0.5) is 0 Å². The van der Waals surface area contributed by atoms with Crippen molar-refractivity contribution < 1.29 is 19.4 Å². The van der Waals surface area contributed by atoms with Gasteiger partial charge in [0.25, 0.3) is 0 Å². The van der Waals surface area contributed by atoms with Gasteiger partial charge in [-0.2, -0.15) is 0 Å². The quantitative estimate of drug-likeness (QED) is 0.863. The zero-order chi connectivity index (χ0) is 15.4. The molecule has 1 N–H and O–H groups in total. The minimum Gasteiger partial charge on any atom is -0.497 e. The molecular weight excluding hydrogens is 290 g/mol. The molecule has 1 fully saturated rings. The van der Waals surface area contributed by atoms with Crippen LogP contribution in [-0.4, -0.2) is 46.2 Å². The molecular formula is C15H17NO4S. The van der Waals surface area contributed by atoms with E-state index >= 15 is 0 Å². The Labute approximate surface area is 127 Å². The second-order valence-corrected chi connectivity index (χ2v) is 5.99. The molecule has 0 saturated carbocycles. The summed E-state index contributed by atoms with van der Waals surface area (Å²) in [4.78, 5) is 24.8. The van der Waals surface area contributed by atoms with E-state index in [-0.39, 0.29) is 11.3 Å². The van der Waals surface area contributed by atoms with E-state index in [1.165, 1.54) is 22.7 Å². The lowest BCUT2D eigenvalue weighted by atomic mass is 10.2. The molecule has 1 aliphatic rings. The molecule has 112 valence electrons. The summed E-state index contributed by atoms with van der Waals surface area (Å²) in [6.07, 6.45) is 3.09. The number of aliphatic carboxylic acids is 1. The Morgan fingerprint density at radius 3 is 2.62 bits per heavy atom. The summed E-state index contributed by atoms with van der Waals surface area (Å²) in [7, 11) is 1.59. The summed E-state index contributed by atoms with van der Waals surface area (Å²) in [6.45, 7) is 1.84. The van der Waals surface area contributed by atoms with Gasteiger partial charge in [0.05, 0.1) is 12.5 Å². The van der Waals surface area contributed by atoms with Gasteiger partial charge in [0.2, 0.25) is 5.91 Å². The number of carboxylic acid groups (broad SMARTS) is 1. The van der Waals surface area contributed by atoms with Gasteiger partial charge < -0.3 is 14.7 Å². The predicted molar refractivity (Wildman–Crippen MR) is 82.2 cm³/mol. The van der Waals surface area contributed by atoms with Gasteiger partial charge in [-0.05, 0) is 30.7 Å². The van der Waals surface area contributed by atoms with Gasteiger partial charge in [0.1, 0.15) is 11.8 Å². The maximum absolute atomic E-state index is 12.2. The SMILES string of the molecule is COc1ccc(C=CC(=O)N2C(C)SCC2C(=O)O)cc1. The molecule has 21 heavy (non-hydrogen) atoms. The van der Waals surface area contributed by atoms with Gasteiger partial charge in [0, 0.05) is 11.8 Å². The second kappa shape index (κ2) is 6.67. The summed E-state index contributed by atoms with van der Waals surface area (Å²) in [5.74, 6) is -0.0683. The van der Waals surface area contributed by atoms with Crippen LogP contribution in [-0.2, 0) is 9.59 Å². The number of thioether (sulfide) groups is 1. The number of hydrogen-bond acceptors (Lipinski definition) is 4. The van der Waals surface area contributed by atoms with Crippen LogP contribution >= 0.6 is 11.8 Å². The number of benzene rings is 1. The number of hydrogen-bond donors (Lipinski definition) is 1. The van der Waals surface area contributed by atoms with Crippen LogP contribution < -0.4 is 4.74 Å². The van der Waals surface area contributed by atoms with Gasteiger partial charge in [-0.25, -0.2) is 4.79 Å². The first-order chi connectivity index (χ1) is 10.0. The molecule has 1 aliphatic heterocycles. The predicted octanol–water partition coefficient (Wildman–Crippen LogP) is 2.08. The van der Waals surface area contributed by atoms with Crippen LogP contribution in [0.1, 0.15) is 12.5 Å². The molecule has 6 heteroatoms. The van der Waals surface area contributed by atoms with Crippen molar-refractivity contribution in [2.75, 3.05) is 12.9 Å². The Kier molecular flexibility index (Phi) is 4.90. The topological polar surface area (TPSA) is 66.8 Å². The Hall–Kier alpha value is -1.95. The molecule has 2 atom stereocenters. The summed E-state index contributed by atoms with van der Waals surface area (Å²) in [5, 5.41) is 9.02. The molecule has 5 nitrogen and oxygen atoms in total. The molecule has 1 aromatic rings. The molecule has 2 unspecified atom stereocenters. The molecule has 0 aliphatic carbocycles. The zero-order valence-corrected chi connectivity index (χ0v) is 12.7. The van der Waals surface area contributed by atoms with Crippen molar-refractivity contribution in [2.45, 2.75) is 18.3 Å². The van der Waals surface area contributed by atoms with Gasteiger partial charge in [-0.3, -0.25) is 4.79 Å². The molecule has 0 aromatic heterocycles. The number of carbonyl (C=O) groups is 2.